The van der Waals surface area contributed by atoms with E-state index in [9.17, 15) is 4.79 Å². The van der Waals surface area contributed by atoms with E-state index in [1.54, 1.807) is 0 Å². The van der Waals surface area contributed by atoms with Crippen LogP contribution in [0.1, 0.15) is 49.0 Å². The lowest BCUT2D eigenvalue weighted by molar-refractivity contribution is 0.0943. The summed E-state index contributed by atoms with van der Waals surface area (Å²) in [5, 5.41) is 0. The molecular weight excluding hydrogens is 246 g/mol. The van der Waals surface area contributed by atoms with E-state index in [0.29, 0.717) is 6.42 Å². The zero-order valence-corrected chi connectivity index (χ0v) is 13.1. The number of nitrogens with zero attached hydrogens (tertiary/aromatic N) is 1. The molecule has 0 aliphatic carbocycles. The number of aryl methyl sites for hydroxylation is 1. The number of carbonyl (C=O) groups is 1. The summed E-state index contributed by atoms with van der Waals surface area (Å²) in [7, 11) is 0. The van der Waals surface area contributed by atoms with Crippen molar-refractivity contribution in [2.75, 3.05) is 19.6 Å². The van der Waals surface area contributed by atoms with Gasteiger partial charge in [-0.1, -0.05) is 43.7 Å². The molecule has 0 saturated carbocycles. The van der Waals surface area contributed by atoms with E-state index in [1.807, 2.05) is 31.2 Å². The van der Waals surface area contributed by atoms with Crippen LogP contribution in [0.15, 0.2) is 24.3 Å². The van der Waals surface area contributed by atoms with Crippen LogP contribution in [-0.2, 0) is 0 Å². The van der Waals surface area contributed by atoms with Gasteiger partial charge in [0.15, 0.2) is 5.78 Å². The summed E-state index contributed by atoms with van der Waals surface area (Å²) in [5.74, 6) is 1.95. The lowest BCUT2D eigenvalue weighted by Crippen LogP contribution is -2.36. The molecule has 1 aliphatic rings. The lowest BCUT2D eigenvalue weighted by atomic mass is 9.86. The van der Waals surface area contributed by atoms with Crippen LogP contribution in [0, 0.1) is 18.8 Å². The van der Waals surface area contributed by atoms with Crippen molar-refractivity contribution < 1.29 is 4.79 Å². The monoisotopic (exact) mass is 273 g/mol. The van der Waals surface area contributed by atoms with Crippen molar-refractivity contribution >= 4 is 5.78 Å². The Bertz CT molecular complexity index is 427. The number of piperidine rings is 1. The van der Waals surface area contributed by atoms with E-state index in [4.69, 9.17) is 0 Å². The summed E-state index contributed by atoms with van der Waals surface area (Å²) in [6.07, 6.45) is 3.22. The fraction of sp³-hybridized carbons (Fsp3) is 0.611. The summed E-state index contributed by atoms with van der Waals surface area (Å²) in [6.45, 7) is 9.92. The summed E-state index contributed by atoms with van der Waals surface area (Å²) in [4.78, 5) is 14.6. The minimum absolute atomic E-state index is 0.274. The first-order valence-electron chi connectivity index (χ1n) is 7.88. The number of ketones is 1. The summed E-state index contributed by atoms with van der Waals surface area (Å²) >= 11 is 0. The van der Waals surface area contributed by atoms with E-state index in [-0.39, 0.29) is 5.78 Å². The van der Waals surface area contributed by atoms with Gasteiger partial charge in [-0.25, -0.2) is 0 Å². The van der Waals surface area contributed by atoms with Gasteiger partial charge in [0.1, 0.15) is 0 Å². The highest BCUT2D eigenvalue weighted by Crippen LogP contribution is 2.24. The molecule has 1 fully saturated rings. The second-order valence-corrected chi connectivity index (χ2v) is 6.46. The third-order valence-electron chi connectivity index (χ3n) is 4.60. The molecule has 0 aromatic heterocycles. The molecule has 1 aromatic rings. The first-order valence-corrected chi connectivity index (χ1v) is 7.88. The number of benzene rings is 1. The van der Waals surface area contributed by atoms with Gasteiger partial charge in [-0.2, -0.15) is 0 Å². The van der Waals surface area contributed by atoms with Crippen molar-refractivity contribution in [2.24, 2.45) is 11.8 Å². The number of hydrogen-bond donors (Lipinski definition) is 0. The number of carbonyl (C=O) groups excluding carboxylic acids is 1. The largest absolute Gasteiger partial charge is 0.303 e. The molecule has 110 valence electrons. The Balaban J connectivity index is 1.76. The molecule has 0 spiro atoms. The molecule has 0 amide bonds. The number of likely N-dealkylation sites (tertiary alicyclic amines) is 1. The van der Waals surface area contributed by atoms with Gasteiger partial charge in [0.05, 0.1) is 0 Å². The SMILES string of the molecule is Cc1ccc(C(=O)CCN2CCC(C(C)C)CC2)cc1. The van der Waals surface area contributed by atoms with Gasteiger partial charge in [0.25, 0.3) is 0 Å². The number of hydrogen-bond acceptors (Lipinski definition) is 2. The fourth-order valence-electron chi connectivity index (χ4n) is 2.99. The summed E-state index contributed by atoms with van der Waals surface area (Å²) in [5.41, 5.74) is 2.06. The molecule has 1 saturated heterocycles. The van der Waals surface area contributed by atoms with E-state index in [0.717, 1.165) is 37.0 Å². The van der Waals surface area contributed by atoms with Gasteiger partial charge < -0.3 is 4.90 Å². The molecule has 1 aliphatic heterocycles. The van der Waals surface area contributed by atoms with Crippen LogP contribution in [0.4, 0.5) is 0 Å². The van der Waals surface area contributed by atoms with Crippen molar-refractivity contribution in [3.63, 3.8) is 0 Å². The standard InChI is InChI=1S/C18H27NO/c1-14(2)16-8-11-19(12-9-16)13-10-18(20)17-6-4-15(3)5-7-17/h4-7,14,16H,8-13H2,1-3H3. The van der Waals surface area contributed by atoms with Gasteiger partial charge in [0.2, 0.25) is 0 Å². The average Bonchev–Trinajstić information content (AvgIpc) is 2.46. The predicted molar refractivity (Wildman–Crippen MR) is 84.1 cm³/mol. The molecule has 2 heteroatoms. The van der Waals surface area contributed by atoms with E-state index >= 15 is 0 Å². The molecule has 2 rings (SSSR count). The lowest BCUT2D eigenvalue weighted by Gasteiger charge is -2.33. The van der Waals surface area contributed by atoms with Crippen LogP contribution < -0.4 is 0 Å². The predicted octanol–water partition coefficient (Wildman–Crippen LogP) is 3.94. The van der Waals surface area contributed by atoms with Gasteiger partial charge in [-0.3, -0.25) is 4.79 Å². The third kappa shape index (κ3) is 4.17. The molecular formula is C18H27NO. The van der Waals surface area contributed by atoms with Crippen LogP contribution in [-0.4, -0.2) is 30.3 Å². The molecule has 2 nitrogen and oxygen atoms in total. The maximum absolute atomic E-state index is 12.1. The van der Waals surface area contributed by atoms with Crippen LogP contribution in [0.2, 0.25) is 0 Å². The third-order valence-corrected chi connectivity index (χ3v) is 4.60. The molecule has 0 N–H and O–H groups in total. The number of Topliss-reactive ketones (excluding diaryl/α,β-unsaturated/α-hetero) is 1. The quantitative estimate of drug-likeness (QED) is 0.757. The van der Waals surface area contributed by atoms with E-state index in [2.05, 4.69) is 18.7 Å². The van der Waals surface area contributed by atoms with Crippen molar-refractivity contribution in [1.82, 2.24) is 4.90 Å². The Hall–Kier alpha value is -1.15. The highest BCUT2D eigenvalue weighted by molar-refractivity contribution is 5.96. The van der Waals surface area contributed by atoms with E-state index in [1.165, 1.54) is 18.4 Å². The summed E-state index contributed by atoms with van der Waals surface area (Å²) < 4.78 is 0. The zero-order valence-electron chi connectivity index (χ0n) is 13.1. The van der Waals surface area contributed by atoms with Crippen molar-refractivity contribution in [1.29, 1.82) is 0 Å². The highest BCUT2D eigenvalue weighted by atomic mass is 16.1. The maximum Gasteiger partial charge on any atom is 0.164 e. The van der Waals surface area contributed by atoms with Crippen LogP contribution in [0.3, 0.4) is 0 Å². The molecule has 0 radical (unpaired) electrons. The Morgan fingerprint density at radius 2 is 1.80 bits per heavy atom. The highest BCUT2D eigenvalue weighted by Gasteiger charge is 2.21. The Labute approximate surface area is 123 Å². The minimum Gasteiger partial charge on any atom is -0.303 e. The molecule has 0 unspecified atom stereocenters. The van der Waals surface area contributed by atoms with Crippen LogP contribution in [0.5, 0.6) is 0 Å². The number of rotatable bonds is 5. The molecule has 0 bridgehead atoms. The van der Waals surface area contributed by atoms with E-state index < -0.39 is 0 Å². The van der Waals surface area contributed by atoms with Gasteiger partial charge in [-0.05, 0) is 44.7 Å². The van der Waals surface area contributed by atoms with Crippen molar-refractivity contribution in [3.05, 3.63) is 35.4 Å². The van der Waals surface area contributed by atoms with Gasteiger partial charge >= 0.3 is 0 Å². The first kappa shape index (κ1) is 15.2. The van der Waals surface area contributed by atoms with Crippen LogP contribution in [0.25, 0.3) is 0 Å². The first-order chi connectivity index (χ1) is 9.56. The Morgan fingerprint density at radius 1 is 1.20 bits per heavy atom. The second-order valence-electron chi connectivity index (χ2n) is 6.46. The van der Waals surface area contributed by atoms with Gasteiger partial charge in [0, 0.05) is 18.5 Å². The second kappa shape index (κ2) is 7.03. The minimum atomic E-state index is 0.274. The molecule has 20 heavy (non-hydrogen) atoms. The molecule has 0 atom stereocenters. The van der Waals surface area contributed by atoms with Crippen molar-refractivity contribution in [2.45, 2.75) is 40.0 Å². The maximum atomic E-state index is 12.1. The summed E-state index contributed by atoms with van der Waals surface area (Å²) in [6, 6.07) is 7.92. The normalized spacial score (nSPS) is 17.6. The smallest absolute Gasteiger partial charge is 0.164 e. The topological polar surface area (TPSA) is 20.3 Å². The zero-order chi connectivity index (χ0) is 14.5. The average molecular weight is 273 g/mol. The van der Waals surface area contributed by atoms with Crippen molar-refractivity contribution in [3.8, 4) is 0 Å². The van der Waals surface area contributed by atoms with Crippen LogP contribution >= 0.6 is 0 Å². The van der Waals surface area contributed by atoms with Gasteiger partial charge in [-0.15, -0.1) is 0 Å². The molecule has 1 heterocycles. The Morgan fingerprint density at radius 3 is 2.35 bits per heavy atom. The Kier molecular flexibility index (Phi) is 5.36. The fourth-order valence-corrected chi connectivity index (χ4v) is 2.99. The molecule has 1 aromatic carbocycles.